The fourth-order valence-corrected chi connectivity index (χ4v) is 4.21. The molecule has 1 aliphatic heterocycles. The Kier molecular flexibility index (Phi) is 4.80. The molecule has 0 saturated carbocycles. The van der Waals surface area contributed by atoms with Crippen LogP contribution in [0.1, 0.15) is 40.9 Å². The Hall–Kier alpha value is -3.45. The van der Waals surface area contributed by atoms with Crippen LogP contribution in [-0.4, -0.2) is 39.9 Å². The van der Waals surface area contributed by atoms with Gasteiger partial charge in [-0.1, -0.05) is 17.3 Å². The zero-order chi connectivity index (χ0) is 20.5. The van der Waals surface area contributed by atoms with Crippen molar-refractivity contribution in [3.05, 3.63) is 65.7 Å². The van der Waals surface area contributed by atoms with Gasteiger partial charge in [-0.05, 0) is 61.1 Å². The van der Waals surface area contributed by atoms with E-state index in [0.29, 0.717) is 17.9 Å². The zero-order valence-electron chi connectivity index (χ0n) is 16.5. The maximum absolute atomic E-state index is 12.8. The summed E-state index contributed by atoms with van der Waals surface area (Å²) >= 11 is 0. The molecule has 7 nitrogen and oxygen atoms in total. The van der Waals surface area contributed by atoms with Gasteiger partial charge in [-0.3, -0.25) is 15.2 Å². The molecule has 2 aliphatic rings. The van der Waals surface area contributed by atoms with E-state index in [1.165, 1.54) is 0 Å². The second-order valence-corrected chi connectivity index (χ2v) is 7.64. The summed E-state index contributed by atoms with van der Waals surface area (Å²) in [5.41, 5.74) is 8.38. The van der Waals surface area contributed by atoms with Gasteiger partial charge in [-0.2, -0.15) is 0 Å². The van der Waals surface area contributed by atoms with E-state index in [2.05, 4.69) is 21.6 Å². The van der Waals surface area contributed by atoms with Gasteiger partial charge in [0.25, 0.3) is 0 Å². The van der Waals surface area contributed by atoms with E-state index in [4.69, 9.17) is 4.42 Å². The van der Waals surface area contributed by atoms with E-state index in [1.54, 1.807) is 18.5 Å². The fourth-order valence-electron chi connectivity index (χ4n) is 4.21. The van der Waals surface area contributed by atoms with Gasteiger partial charge in [0.05, 0.1) is 5.71 Å². The van der Waals surface area contributed by atoms with Crippen LogP contribution < -0.4 is 5.43 Å². The number of pyridine rings is 1. The van der Waals surface area contributed by atoms with E-state index >= 15 is 0 Å². The molecule has 5 rings (SSSR count). The summed E-state index contributed by atoms with van der Waals surface area (Å²) in [5.74, 6) is 0.682. The smallest absolute Gasteiger partial charge is 0.301 e. The van der Waals surface area contributed by atoms with Crippen molar-refractivity contribution >= 4 is 11.6 Å². The molecule has 152 valence electrons. The van der Waals surface area contributed by atoms with E-state index < -0.39 is 0 Å². The number of carbonyl (C=O) groups is 1. The predicted octanol–water partition coefficient (Wildman–Crippen LogP) is 3.87. The van der Waals surface area contributed by atoms with Crippen molar-refractivity contribution in [3.63, 3.8) is 0 Å². The average molecular weight is 402 g/mol. The van der Waals surface area contributed by atoms with Crippen LogP contribution in [0, 0.1) is 0 Å². The summed E-state index contributed by atoms with van der Waals surface area (Å²) < 4.78 is 6.10. The Balaban J connectivity index is 1.55. The Labute approximate surface area is 174 Å². The molecular weight excluding hydrogens is 380 g/mol. The third kappa shape index (κ3) is 3.37. The molecule has 1 aliphatic carbocycles. The van der Waals surface area contributed by atoms with Crippen molar-refractivity contribution in [1.29, 1.82) is 0 Å². The highest BCUT2D eigenvalue weighted by Gasteiger charge is 2.24. The topological polar surface area (TPSA) is 91.0 Å². The Morgan fingerprint density at radius 3 is 2.60 bits per heavy atom. The number of oxime groups is 1. The summed E-state index contributed by atoms with van der Waals surface area (Å²) in [5, 5.41) is 14.5. The van der Waals surface area contributed by atoms with Gasteiger partial charge in [-0.15, -0.1) is 0 Å². The number of rotatable bonds is 4. The molecule has 1 aromatic carbocycles. The first-order valence-electron chi connectivity index (χ1n) is 10.2. The lowest BCUT2D eigenvalue weighted by Gasteiger charge is -2.14. The van der Waals surface area contributed by atoms with Gasteiger partial charge in [0.2, 0.25) is 0 Å². The van der Waals surface area contributed by atoms with Crippen LogP contribution in [0.25, 0.3) is 22.5 Å². The first-order valence-corrected chi connectivity index (χ1v) is 10.2. The van der Waals surface area contributed by atoms with Gasteiger partial charge in [0.1, 0.15) is 5.76 Å². The minimum Gasteiger partial charge on any atom is -0.450 e. The fraction of sp³-hybridized carbons (Fsp3) is 0.261. The number of furan rings is 1. The summed E-state index contributed by atoms with van der Waals surface area (Å²) in [6, 6.07) is 11.6. The number of nitrogens with one attached hydrogen (secondary N) is 1. The number of fused-ring (bicyclic) bond motifs is 1. The third-order valence-electron chi connectivity index (χ3n) is 5.74. The summed E-state index contributed by atoms with van der Waals surface area (Å²) in [6.45, 7) is 1.71. The molecule has 0 radical (unpaired) electrons. The number of hydrazine groups is 1. The van der Waals surface area contributed by atoms with Crippen LogP contribution in [-0.2, 0) is 6.42 Å². The van der Waals surface area contributed by atoms with Gasteiger partial charge in [0, 0.05) is 42.2 Å². The maximum atomic E-state index is 12.8. The average Bonchev–Trinajstić information content (AvgIpc) is 3.53. The molecule has 30 heavy (non-hydrogen) atoms. The molecule has 0 bridgehead atoms. The second-order valence-electron chi connectivity index (χ2n) is 7.64. The summed E-state index contributed by atoms with van der Waals surface area (Å²) in [6.07, 6.45) is 7.15. The molecule has 3 aromatic rings. The minimum absolute atomic E-state index is 0.241. The number of amides is 1. The van der Waals surface area contributed by atoms with Crippen LogP contribution in [0.15, 0.2) is 58.4 Å². The highest BCUT2D eigenvalue weighted by Crippen LogP contribution is 2.37. The molecule has 2 aromatic heterocycles. The van der Waals surface area contributed by atoms with Crippen molar-refractivity contribution in [1.82, 2.24) is 15.4 Å². The third-order valence-corrected chi connectivity index (χ3v) is 5.74. The molecule has 0 atom stereocenters. The van der Waals surface area contributed by atoms with Crippen LogP contribution in [0.2, 0.25) is 0 Å². The monoisotopic (exact) mass is 402 g/mol. The van der Waals surface area contributed by atoms with Gasteiger partial charge in [-0.25, -0.2) is 5.01 Å². The summed E-state index contributed by atoms with van der Waals surface area (Å²) in [4.78, 5) is 16.9. The SMILES string of the molecule is O=C(NN1CCCC1)c1cc(-c2ccncc2)c(-c2ccc3c(c2)CCC3=NO)o1. The Bertz CT molecular complexity index is 1110. The quantitative estimate of drug-likeness (QED) is 0.511. The molecule has 2 N–H and O–H groups in total. The minimum atomic E-state index is -0.241. The van der Waals surface area contributed by atoms with Crippen molar-refractivity contribution < 1.29 is 14.4 Å². The lowest BCUT2D eigenvalue weighted by atomic mass is 9.99. The second kappa shape index (κ2) is 7.76. The number of hydrogen-bond donors (Lipinski definition) is 2. The first-order chi connectivity index (χ1) is 14.7. The number of carbonyl (C=O) groups excluding carboxylic acids is 1. The van der Waals surface area contributed by atoms with Crippen LogP contribution in [0.5, 0.6) is 0 Å². The molecule has 0 spiro atoms. The van der Waals surface area contributed by atoms with E-state index in [0.717, 1.165) is 60.2 Å². The predicted molar refractivity (Wildman–Crippen MR) is 112 cm³/mol. The molecule has 7 heteroatoms. The molecule has 0 unspecified atom stereocenters. The molecule has 1 saturated heterocycles. The Morgan fingerprint density at radius 1 is 1.03 bits per heavy atom. The number of benzene rings is 1. The van der Waals surface area contributed by atoms with E-state index in [-0.39, 0.29) is 11.7 Å². The van der Waals surface area contributed by atoms with Gasteiger partial charge in [0.15, 0.2) is 5.76 Å². The van der Waals surface area contributed by atoms with Crippen LogP contribution in [0.4, 0.5) is 0 Å². The van der Waals surface area contributed by atoms with Crippen molar-refractivity contribution in [2.24, 2.45) is 5.16 Å². The normalized spacial score (nSPS) is 17.4. The largest absolute Gasteiger partial charge is 0.450 e. The van der Waals surface area contributed by atoms with Crippen LogP contribution in [0.3, 0.4) is 0 Å². The molecular formula is C23H22N4O3. The molecule has 1 amide bonds. The van der Waals surface area contributed by atoms with E-state index in [1.807, 2.05) is 29.3 Å². The number of aromatic nitrogens is 1. The molecule has 3 heterocycles. The number of hydrogen-bond acceptors (Lipinski definition) is 6. The zero-order valence-corrected chi connectivity index (χ0v) is 16.5. The standard InChI is InChI=1S/C23H22N4O3/c28-23(25-27-11-1-2-12-27)21-14-19(15-7-9-24-10-8-15)22(30-21)17-3-5-18-16(13-17)4-6-20(18)26-29/h3,5,7-10,13-14,29H,1-2,4,6,11-12H2,(H,25,28). The van der Waals surface area contributed by atoms with Crippen LogP contribution >= 0.6 is 0 Å². The number of aryl methyl sites for hydroxylation is 1. The van der Waals surface area contributed by atoms with Gasteiger partial charge < -0.3 is 9.62 Å². The lowest BCUT2D eigenvalue weighted by molar-refractivity contribution is 0.0797. The molecule has 1 fully saturated rings. The first kappa shape index (κ1) is 18.6. The highest BCUT2D eigenvalue weighted by atomic mass is 16.4. The Morgan fingerprint density at radius 2 is 1.83 bits per heavy atom. The van der Waals surface area contributed by atoms with Crippen molar-refractivity contribution in [2.45, 2.75) is 25.7 Å². The highest BCUT2D eigenvalue weighted by molar-refractivity contribution is 6.04. The number of nitrogens with zero attached hydrogens (tertiary/aromatic N) is 3. The summed E-state index contributed by atoms with van der Waals surface area (Å²) in [7, 11) is 0. The van der Waals surface area contributed by atoms with Crippen molar-refractivity contribution in [3.8, 4) is 22.5 Å². The van der Waals surface area contributed by atoms with E-state index in [9.17, 15) is 10.0 Å². The lowest BCUT2D eigenvalue weighted by Crippen LogP contribution is -2.39. The van der Waals surface area contributed by atoms with Gasteiger partial charge >= 0.3 is 5.91 Å². The maximum Gasteiger partial charge on any atom is 0.301 e. The van der Waals surface area contributed by atoms with Crippen molar-refractivity contribution in [2.75, 3.05) is 13.1 Å².